The Morgan fingerprint density at radius 2 is 2.26 bits per heavy atom. The number of nitrogens with one attached hydrogen (secondary N) is 1. The van der Waals surface area contributed by atoms with Gasteiger partial charge in [0.15, 0.2) is 5.82 Å². The van der Waals surface area contributed by atoms with E-state index in [4.69, 9.17) is 0 Å². The Morgan fingerprint density at radius 1 is 1.47 bits per heavy atom. The Kier molecular flexibility index (Phi) is 3.74. The van der Waals surface area contributed by atoms with Crippen molar-refractivity contribution in [2.45, 2.75) is 13.3 Å². The number of nitrogens with zero attached hydrogens (tertiary/aromatic N) is 4. The minimum absolute atomic E-state index is 0.0444. The number of H-pyrrole nitrogens is 1. The summed E-state index contributed by atoms with van der Waals surface area (Å²) in [5, 5.41) is 9.52. The number of ether oxygens (including phenoxy) is 1. The van der Waals surface area contributed by atoms with Crippen molar-refractivity contribution in [3.05, 3.63) is 23.7 Å². The molecule has 0 saturated carbocycles. The number of esters is 1. The van der Waals surface area contributed by atoms with Crippen LogP contribution in [0.2, 0.25) is 0 Å². The fourth-order valence-electron chi connectivity index (χ4n) is 1.36. The summed E-state index contributed by atoms with van der Waals surface area (Å²) in [6.45, 7) is 1.65. The Morgan fingerprint density at radius 3 is 2.84 bits per heavy atom. The molecule has 0 atom stereocenters. The van der Waals surface area contributed by atoms with Crippen LogP contribution in [0.5, 0.6) is 0 Å². The van der Waals surface area contributed by atoms with Crippen molar-refractivity contribution >= 4 is 5.97 Å². The van der Waals surface area contributed by atoms with Crippen LogP contribution in [0, 0.1) is 0 Å². The number of halogens is 2. The zero-order valence-corrected chi connectivity index (χ0v) is 9.80. The van der Waals surface area contributed by atoms with Crippen molar-refractivity contribution in [1.82, 2.24) is 25.4 Å². The summed E-state index contributed by atoms with van der Waals surface area (Å²) in [5.41, 5.74) is -0.840. The molecule has 0 aliphatic heterocycles. The number of hydrogen-bond acceptors (Lipinski definition) is 6. The van der Waals surface area contributed by atoms with Crippen LogP contribution in [0.3, 0.4) is 0 Å². The van der Waals surface area contributed by atoms with Crippen molar-refractivity contribution in [1.29, 1.82) is 0 Å². The SMILES string of the molecule is CCOC(=O)c1cnc(-c2cn[nH]n2)nc1C(F)F. The van der Waals surface area contributed by atoms with Crippen LogP contribution in [0.4, 0.5) is 8.78 Å². The Bertz CT molecular complexity index is 573. The standard InChI is InChI=1S/C10H9F2N5O2/c1-2-19-10(18)5-3-13-9(6-4-14-17-16-6)15-7(5)8(11)12/h3-4,8H,2H2,1H3,(H,14,16,17). The van der Waals surface area contributed by atoms with Crippen molar-refractivity contribution in [3.63, 3.8) is 0 Å². The van der Waals surface area contributed by atoms with E-state index in [0.29, 0.717) is 0 Å². The molecule has 0 amide bonds. The van der Waals surface area contributed by atoms with E-state index in [0.717, 1.165) is 6.20 Å². The minimum atomic E-state index is -2.92. The summed E-state index contributed by atoms with van der Waals surface area (Å²) in [6, 6.07) is 0. The van der Waals surface area contributed by atoms with Gasteiger partial charge in [-0.2, -0.15) is 15.4 Å². The molecule has 0 saturated heterocycles. The molecule has 0 aliphatic rings. The number of carbonyl (C=O) groups is 1. The highest BCUT2D eigenvalue weighted by Gasteiger charge is 2.23. The third-order valence-electron chi connectivity index (χ3n) is 2.16. The lowest BCUT2D eigenvalue weighted by molar-refractivity contribution is 0.0513. The number of rotatable bonds is 4. The monoisotopic (exact) mass is 269 g/mol. The van der Waals surface area contributed by atoms with E-state index >= 15 is 0 Å². The van der Waals surface area contributed by atoms with Crippen LogP contribution < -0.4 is 0 Å². The average Bonchev–Trinajstić information content (AvgIpc) is 2.92. The van der Waals surface area contributed by atoms with Gasteiger partial charge in [-0.1, -0.05) is 0 Å². The summed E-state index contributed by atoms with van der Waals surface area (Å²) in [7, 11) is 0. The minimum Gasteiger partial charge on any atom is -0.462 e. The average molecular weight is 269 g/mol. The van der Waals surface area contributed by atoms with Crippen LogP contribution in [-0.4, -0.2) is 38.0 Å². The molecule has 0 fully saturated rings. The lowest BCUT2D eigenvalue weighted by Gasteiger charge is -2.07. The topological polar surface area (TPSA) is 93.7 Å². The van der Waals surface area contributed by atoms with Gasteiger partial charge in [0.05, 0.1) is 12.8 Å². The van der Waals surface area contributed by atoms with Gasteiger partial charge in [0.25, 0.3) is 6.43 Å². The third-order valence-corrected chi connectivity index (χ3v) is 2.16. The molecule has 2 aromatic rings. The molecular weight excluding hydrogens is 260 g/mol. The Labute approximate surface area is 106 Å². The number of aromatic amines is 1. The highest BCUT2D eigenvalue weighted by molar-refractivity contribution is 5.90. The van der Waals surface area contributed by atoms with Gasteiger partial charge in [0.1, 0.15) is 17.0 Å². The second-order valence-corrected chi connectivity index (χ2v) is 3.37. The van der Waals surface area contributed by atoms with E-state index in [1.165, 1.54) is 6.20 Å². The lowest BCUT2D eigenvalue weighted by atomic mass is 10.2. The van der Waals surface area contributed by atoms with Gasteiger partial charge in [-0.25, -0.2) is 23.5 Å². The molecule has 0 bridgehead atoms. The summed E-state index contributed by atoms with van der Waals surface area (Å²) in [5.74, 6) is -0.929. The van der Waals surface area contributed by atoms with E-state index in [2.05, 4.69) is 30.1 Å². The number of hydrogen-bond donors (Lipinski definition) is 1. The fraction of sp³-hybridized carbons (Fsp3) is 0.300. The molecule has 1 N–H and O–H groups in total. The largest absolute Gasteiger partial charge is 0.462 e. The van der Waals surface area contributed by atoms with Gasteiger partial charge in [-0.05, 0) is 6.92 Å². The normalized spacial score (nSPS) is 10.7. The molecule has 9 heteroatoms. The first kappa shape index (κ1) is 13.0. The maximum absolute atomic E-state index is 12.9. The molecule has 0 radical (unpaired) electrons. The first-order chi connectivity index (χ1) is 9.13. The molecular formula is C10H9F2N5O2. The van der Waals surface area contributed by atoms with Crippen molar-refractivity contribution < 1.29 is 18.3 Å². The van der Waals surface area contributed by atoms with Crippen LogP contribution in [0.25, 0.3) is 11.5 Å². The van der Waals surface area contributed by atoms with E-state index < -0.39 is 18.1 Å². The predicted octanol–water partition coefficient (Wildman–Crippen LogP) is 1.38. The summed E-state index contributed by atoms with van der Waals surface area (Å²) < 4.78 is 30.5. The van der Waals surface area contributed by atoms with Gasteiger partial charge >= 0.3 is 5.97 Å². The van der Waals surface area contributed by atoms with Crippen molar-refractivity contribution in [3.8, 4) is 11.5 Å². The van der Waals surface area contributed by atoms with E-state index in [9.17, 15) is 13.6 Å². The number of alkyl halides is 2. The van der Waals surface area contributed by atoms with E-state index in [1.54, 1.807) is 6.92 Å². The van der Waals surface area contributed by atoms with Gasteiger partial charge in [0, 0.05) is 6.20 Å². The summed E-state index contributed by atoms with van der Waals surface area (Å²) >= 11 is 0. The summed E-state index contributed by atoms with van der Waals surface area (Å²) in [4.78, 5) is 18.9. The van der Waals surface area contributed by atoms with Crippen LogP contribution >= 0.6 is 0 Å². The van der Waals surface area contributed by atoms with E-state index in [1.807, 2.05) is 0 Å². The van der Waals surface area contributed by atoms with Crippen LogP contribution in [0.15, 0.2) is 12.4 Å². The highest BCUT2D eigenvalue weighted by Crippen LogP contribution is 2.23. The van der Waals surface area contributed by atoms with Crippen LogP contribution in [-0.2, 0) is 4.74 Å². The maximum Gasteiger partial charge on any atom is 0.341 e. The predicted molar refractivity (Wildman–Crippen MR) is 58.3 cm³/mol. The van der Waals surface area contributed by atoms with Gasteiger partial charge in [0.2, 0.25) is 0 Å². The zero-order chi connectivity index (χ0) is 13.8. The van der Waals surface area contributed by atoms with Gasteiger partial charge < -0.3 is 4.74 Å². The third kappa shape index (κ3) is 2.69. The molecule has 2 heterocycles. The molecule has 100 valence electrons. The first-order valence-electron chi connectivity index (χ1n) is 5.31. The second-order valence-electron chi connectivity index (χ2n) is 3.37. The zero-order valence-electron chi connectivity index (χ0n) is 9.80. The molecule has 0 aromatic carbocycles. The number of carbonyl (C=O) groups excluding carboxylic acids is 1. The quantitative estimate of drug-likeness (QED) is 0.842. The molecule has 0 spiro atoms. The maximum atomic E-state index is 12.9. The molecule has 0 aliphatic carbocycles. The second kappa shape index (κ2) is 5.46. The molecule has 0 unspecified atom stereocenters. The smallest absolute Gasteiger partial charge is 0.341 e. The fourth-order valence-corrected chi connectivity index (χ4v) is 1.36. The Balaban J connectivity index is 2.44. The van der Waals surface area contributed by atoms with Gasteiger partial charge in [-0.15, -0.1) is 0 Å². The molecule has 7 nitrogen and oxygen atoms in total. The van der Waals surface area contributed by atoms with Crippen LogP contribution in [0.1, 0.15) is 29.4 Å². The summed E-state index contributed by atoms with van der Waals surface area (Å²) in [6.07, 6.45) is -0.640. The molecule has 2 aromatic heterocycles. The highest BCUT2D eigenvalue weighted by atomic mass is 19.3. The van der Waals surface area contributed by atoms with Gasteiger partial charge in [-0.3, -0.25) is 0 Å². The Hall–Kier alpha value is -2.45. The number of aromatic nitrogens is 5. The first-order valence-corrected chi connectivity index (χ1v) is 5.31. The lowest BCUT2D eigenvalue weighted by Crippen LogP contribution is -2.11. The van der Waals surface area contributed by atoms with Crippen molar-refractivity contribution in [2.24, 2.45) is 0 Å². The van der Waals surface area contributed by atoms with E-state index in [-0.39, 0.29) is 23.7 Å². The van der Waals surface area contributed by atoms with Crippen molar-refractivity contribution in [2.75, 3.05) is 6.61 Å². The molecule has 19 heavy (non-hydrogen) atoms. The molecule has 2 rings (SSSR count).